The number of hydrogen-bond donors (Lipinski definition) is 0. The Morgan fingerprint density at radius 2 is 1.43 bits per heavy atom. The lowest BCUT2D eigenvalue weighted by atomic mass is 9.73. The van der Waals surface area contributed by atoms with Gasteiger partial charge in [-0.3, -0.25) is 0 Å². The van der Waals surface area contributed by atoms with Crippen molar-refractivity contribution < 1.29 is 23.7 Å². The summed E-state index contributed by atoms with van der Waals surface area (Å²) in [5, 5.41) is 0. The summed E-state index contributed by atoms with van der Waals surface area (Å²) in [6.45, 7) is 13.3. The van der Waals surface area contributed by atoms with Crippen LogP contribution in [0.1, 0.15) is 54.0 Å². The highest BCUT2D eigenvalue weighted by atomic mass is 16.7. The molecule has 1 aromatic rings. The van der Waals surface area contributed by atoms with Crippen LogP contribution in [0.15, 0.2) is 18.2 Å². The molecule has 152 valence electrons. The maximum absolute atomic E-state index is 12.4. The van der Waals surface area contributed by atoms with E-state index in [1.54, 1.807) is 32.9 Å². The zero-order valence-corrected chi connectivity index (χ0v) is 17.8. The smallest absolute Gasteiger partial charge is 0.477 e. The Hall–Kier alpha value is -2.79. The Morgan fingerprint density at radius 3 is 1.89 bits per heavy atom. The van der Waals surface area contributed by atoms with Crippen LogP contribution in [0, 0.1) is 30.1 Å². The lowest BCUT2D eigenvalue weighted by molar-refractivity contribution is -0.107. The molecule has 1 rings (SSSR count). The van der Waals surface area contributed by atoms with Gasteiger partial charge in [0, 0.05) is 5.41 Å². The molecule has 0 N–H and O–H groups in total. The van der Waals surface area contributed by atoms with E-state index >= 15 is 0 Å². The molecule has 0 saturated carbocycles. The Balaban J connectivity index is 3.36. The number of terminal acetylenes is 2. The molecule has 5 heteroatoms. The molecule has 0 heterocycles. The minimum Gasteiger partial charge on any atom is -0.477 e. The van der Waals surface area contributed by atoms with Gasteiger partial charge in [0.05, 0.1) is 0 Å². The number of carbonyl (C=O) groups excluding carboxylic acids is 1. The van der Waals surface area contributed by atoms with E-state index in [1.807, 2.05) is 33.8 Å². The first-order chi connectivity index (χ1) is 12.8. The van der Waals surface area contributed by atoms with Crippen LogP contribution in [-0.4, -0.2) is 25.0 Å². The van der Waals surface area contributed by atoms with E-state index < -0.39 is 22.8 Å². The van der Waals surface area contributed by atoms with Crippen molar-refractivity contribution in [3.05, 3.63) is 23.8 Å². The van der Waals surface area contributed by atoms with E-state index in [-0.39, 0.29) is 13.2 Å². The molecule has 0 aliphatic heterocycles. The fourth-order valence-electron chi connectivity index (χ4n) is 2.36. The summed E-state index contributed by atoms with van der Waals surface area (Å²) in [5.41, 5.74) is -1.40. The second kappa shape index (κ2) is 8.93. The summed E-state index contributed by atoms with van der Waals surface area (Å²) in [6, 6.07) is 5.28. The van der Waals surface area contributed by atoms with Crippen molar-refractivity contribution in [1.82, 2.24) is 0 Å². The van der Waals surface area contributed by atoms with Gasteiger partial charge in [-0.05, 0) is 45.4 Å². The molecule has 0 saturated heterocycles. The number of benzene rings is 1. The first kappa shape index (κ1) is 23.2. The SMILES string of the molecule is C#CCOc1ccc(C(C)(OC(=O)OC(C)(C)C)C(C)(C)C)cc1OCC#C. The van der Waals surface area contributed by atoms with Crippen LogP contribution in [0.25, 0.3) is 0 Å². The Morgan fingerprint density at radius 1 is 0.893 bits per heavy atom. The number of ether oxygens (including phenoxy) is 4. The topological polar surface area (TPSA) is 54.0 Å². The van der Waals surface area contributed by atoms with E-state index in [9.17, 15) is 4.79 Å². The average Bonchev–Trinajstić information content (AvgIpc) is 2.55. The quantitative estimate of drug-likeness (QED) is 0.513. The second-order valence-corrected chi connectivity index (χ2v) is 8.50. The fourth-order valence-corrected chi connectivity index (χ4v) is 2.36. The highest BCUT2D eigenvalue weighted by molar-refractivity contribution is 5.62. The number of hydrogen-bond acceptors (Lipinski definition) is 5. The van der Waals surface area contributed by atoms with Crippen LogP contribution in [0.5, 0.6) is 11.5 Å². The summed E-state index contributed by atoms with van der Waals surface area (Å²) >= 11 is 0. The van der Waals surface area contributed by atoms with Crippen LogP contribution in [-0.2, 0) is 15.1 Å². The average molecular weight is 386 g/mol. The summed E-state index contributed by atoms with van der Waals surface area (Å²) in [7, 11) is 0. The minimum atomic E-state index is -1.01. The van der Waals surface area contributed by atoms with E-state index in [4.69, 9.17) is 31.8 Å². The van der Waals surface area contributed by atoms with Crippen molar-refractivity contribution in [3.8, 4) is 36.2 Å². The Kier molecular flexibility index (Phi) is 7.42. The van der Waals surface area contributed by atoms with Crippen LogP contribution in [0.3, 0.4) is 0 Å². The molecular formula is C23H30O5. The highest BCUT2D eigenvalue weighted by Gasteiger charge is 2.44. The van der Waals surface area contributed by atoms with Crippen LogP contribution >= 0.6 is 0 Å². The lowest BCUT2D eigenvalue weighted by Gasteiger charge is -2.41. The van der Waals surface area contributed by atoms with Gasteiger partial charge in [-0.25, -0.2) is 4.79 Å². The molecule has 0 aliphatic carbocycles. The van der Waals surface area contributed by atoms with Gasteiger partial charge in [0.25, 0.3) is 0 Å². The third kappa shape index (κ3) is 6.13. The van der Waals surface area contributed by atoms with Gasteiger partial charge in [-0.15, -0.1) is 12.8 Å². The lowest BCUT2D eigenvalue weighted by Crippen LogP contribution is -2.43. The summed E-state index contributed by atoms with van der Waals surface area (Å²) < 4.78 is 22.3. The number of rotatable bonds is 6. The molecule has 0 aliphatic rings. The molecule has 0 fully saturated rings. The molecular weight excluding hydrogens is 356 g/mol. The van der Waals surface area contributed by atoms with Crippen molar-refractivity contribution in [3.63, 3.8) is 0 Å². The van der Waals surface area contributed by atoms with Crippen LogP contribution in [0.2, 0.25) is 0 Å². The van der Waals surface area contributed by atoms with Crippen molar-refractivity contribution in [1.29, 1.82) is 0 Å². The third-order valence-electron chi connectivity index (χ3n) is 4.22. The molecule has 1 aromatic carbocycles. The van der Waals surface area contributed by atoms with Gasteiger partial charge in [0.1, 0.15) is 24.4 Å². The van der Waals surface area contributed by atoms with Gasteiger partial charge in [-0.2, -0.15) is 0 Å². The summed E-state index contributed by atoms with van der Waals surface area (Å²) in [6.07, 6.45) is 9.83. The van der Waals surface area contributed by atoms with Gasteiger partial charge >= 0.3 is 6.16 Å². The molecule has 0 spiro atoms. The van der Waals surface area contributed by atoms with Crippen LogP contribution in [0.4, 0.5) is 4.79 Å². The summed E-state index contributed by atoms with van der Waals surface area (Å²) in [4.78, 5) is 12.4. The maximum Gasteiger partial charge on any atom is 0.509 e. The fraction of sp³-hybridized carbons (Fsp3) is 0.522. The van der Waals surface area contributed by atoms with Gasteiger partial charge in [0.15, 0.2) is 11.5 Å². The molecule has 1 unspecified atom stereocenters. The molecule has 28 heavy (non-hydrogen) atoms. The van der Waals surface area contributed by atoms with Crippen molar-refractivity contribution in [2.75, 3.05) is 13.2 Å². The molecule has 0 aromatic heterocycles. The first-order valence-corrected chi connectivity index (χ1v) is 9.03. The Bertz CT molecular complexity index is 768. The maximum atomic E-state index is 12.4. The second-order valence-electron chi connectivity index (χ2n) is 8.50. The Labute approximate surface area is 168 Å². The molecule has 0 amide bonds. The molecule has 5 nitrogen and oxygen atoms in total. The van der Waals surface area contributed by atoms with E-state index in [0.29, 0.717) is 17.1 Å². The molecule has 0 bridgehead atoms. The minimum absolute atomic E-state index is 0.0645. The van der Waals surface area contributed by atoms with E-state index in [0.717, 1.165) is 0 Å². The standard InChI is InChI=1S/C23H30O5/c1-10-14-25-18-13-12-17(16-19(18)26-15-11-2)23(9,21(3,4)5)28-20(24)27-22(6,7)8/h1-2,12-13,16H,14-15H2,3-9H3. The molecule has 1 atom stereocenters. The highest BCUT2D eigenvalue weighted by Crippen LogP contribution is 2.45. The summed E-state index contributed by atoms with van der Waals surface area (Å²) in [5.74, 6) is 5.72. The van der Waals surface area contributed by atoms with Crippen molar-refractivity contribution >= 4 is 6.16 Å². The normalized spacial score (nSPS) is 13.5. The monoisotopic (exact) mass is 386 g/mol. The van der Waals surface area contributed by atoms with E-state index in [2.05, 4.69) is 11.8 Å². The molecule has 0 radical (unpaired) electrons. The van der Waals surface area contributed by atoms with Gasteiger partial charge in [0.2, 0.25) is 0 Å². The largest absolute Gasteiger partial charge is 0.509 e. The van der Waals surface area contributed by atoms with Crippen molar-refractivity contribution in [2.45, 2.75) is 59.7 Å². The predicted molar refractivity (Wildman–Crippen MR) is 109 cm³/mol. The zero-order valence-electron chi connectivity index (χ0n) is 17.8. The number of carbonyl (C=O) groups is 1. The van der Waals surface area contributed by atoms with Gasteiger partial charge in [-0.1, -0.05) is 38.7 Å². The van der Waals surface area contributed by atoms with Crippen molar-refractivity contribution in [2.24, 2.45) is 5.41 Å². The third-order valence-corrected chi connectivity index (χ3v) is 4.22. The predicted octanol–water partition coefficient (Wildman–Crippen LogP) is 4.92. The van der Waals surface area contributed by atoms with Crippen LogP contribution < -0.4 is 9.47 Å². The zero-order chi connectivity index (χ0) is 21.6. The van der Waals surface area contributed by atoms with Gasteiger partial charge < -0.3 is 18.9 Å². The first-order valence-electron chi connectivity index (χ1n) is 9.03. The van der Waals surface area contributed by atoms with E-state index in [1.165, 1.54) is 0 Å².